The third-order valence-electron chi connectivity index (χ3n) is 12.8. The number of aryl methyl sites for hydroxylation is 1. The second-order valence-corrected chi connectivity index (χ2v) is 18.6. The van der Waals surface area contributed by atoms with Crippen LogP contribution in [0.15, 0.2) is 156 Å². The first kappa shape index (κ1) is 41.8. The van der Waals surface area contributed by atoms with Gasteiger partial charge in [-0.05, 0) is 99.9 Å². The quantitative estimate of drug-likeness (QED) is 0.143. The second kappa shape index (κ2) is 18.6. The molecule has 0 aliphatic heterocycles. The molecule has 337 valence electrons. The Morgan fingerprint density at radius 1 is 0.507 bits per heavy atom. The zero-order chi connectivity index (χ0) is 48.3. The van der Waals surface area contributed by atoms with E-state index in [0.717, 1.165) is 77.7 Å². The number of rotatable bonds is 8. The van der Waals surface area contributed by atoms with Gasteiger partial charge in [-0.25, -0.2) is 0 Å². The molecular formula is C61H56IrN4O-2. The molecule has 0 atom stereocenters. The SMILES string of the molecule is CC(C)c1cccc(C(C)C)c1-n1c(-c2[c-]cccc2)nc2ccccc21.[2H]C([2H])([2H])c1ccc2cc3oc4c(-c5nc6ccccc6n5-c5c(C(C)C)cccc5C(C)C)[c-]ccc4c3cc2c1.[Ir]. The first-order valence-corrected chi connectivity index (χ1v) is 23.2. The molecule has 67 heavy (non-hydrogen) atoms. The van der Waals surface area contributed by atoms with Crippen molar-refractivity contribution >= 4 is 54.8 Å². The predicted molar refractivity (Wildman–Crippen MR) is 277 cm³/mol. The van der Waals surface area contributed by atoms with Crippen LogP contribution in [0.4, 0.5) is 0 Å². The number of nitrogens with zero attached hydrogens (tertiary/aromatic N) is 4. The summed E-state index contributed by atoms with van der Waals surface area (Å²) in [5, 5.41) is 3.68. The van der Waals surface area contributed by atoms with E-state index in [2.05, 4.69) is 162 Å². The van der Waals surface area contributed by atoms with E-state index in [1.54, 1.807) is 12.1 Å². The van der Waals surface area contributed by atoms with Crippen molar-refractivity contribution in [2.75, 3.05) is 0 Å². The largest absolute Gasteiger partial charge is 0.501 e. The normalized spacial score (nSPS) is 12.6. The van der Waals surface area contributed by atoms with Crippen LogP contribution in [-0.4, -0.2) is 19.1 Å². The summed E-state index contributed by atoms with van der Waals surface area (Å²) >= 11 is 0. The molecule has 0 N–H and O–H groups in total. The van der Waals surface area contributed by atoms with Gasteiger partial charge in [0.1, 0.15) is 5.58 Å². The summed E-state index contributed by atoms with van der Waals surface area (Å²) in [5.74, 6) is 3.20. The number of benzene rings is 8. The molecule has 0 amide bonds. The third kappa shape index (κ3) is 8.21. The first-order chi connectivity index (χ1) is 33.2. The van der Waals surface area contributed by atoms with Gasteiger partial charge in [-0.1, -0.05) is 151 Å². The Kier molecular flexibility index (Phi) is 11.6. The van der Waals surface area contributed by atoms with Crippen molar-refractivity contribution in [1.82, 2.24) is 19.1 Å². The number of furan rings is 1. The molecule has 0 aliphatic carbocycles. The molecule has 0 bridgehead atoms. The molecule has 0 aliphatic rings. The molecule has 0 fully saturated rings. The zero-order valence-corrected chi connectivity index (χ0v) is 41.7. The smallest absolute Gasteiger partial charge is 0.121 e. The van der Waals surface area contributed by atoms with E-state index < -0.39 is 6.85 Å². The summed E-state index contributed by atoms with van der Waals surface area (Å²) in [6, 6.07) is 58.1. The van der Waals surface area contributed by atoms with E-state index >= 15 is 0 Å². The Bertz CT molecular complexity index is 3640. The van der Waals surface area contributed by atoms with Crippen molar-refractivity contribution in [3.8, 4) is 34.2 Å². The van der Waals surface area contributed by atoms with E-state index in [-0.39, 0.29) is 20.1 Å². The maximum Gasteiger partial charge on any atom is 0.121 e. The van der Waals surface area contributed by atoms with Crippen molar-refractivity contribution in [3.05, 3.63) is 192 Å². The monoisotopic (exact) mass is 1060 g/mol. The summed E-state index contributed by atoms with van der Waals surface area (Å²) in [4.78, 5) is 10.2. The number of fused-ring (bicyclic) bond motifs is 6. The molecule has 0 spiro atoms. The third-order valence-corrected chi connectivity index (χ3v) is 12.8. The molecule has 5 nitrogen and oxygen atoms in total. The van der Waals surface area contributed by atoms with Crippen LogP contribution in [-0.2, 0) is 20.1 Å². The van der Waals surface area contributed by atoms with Gasteiger partial charge in [0.2, 0.25) is 0 Å². The molecule has 1 radical (unpaired) electrons. The number of para-hydroxylation sites is 6. The molecule has 6 heteroatoms. The minimum absolute atomic E-state index is 0. The average molecular weight is 1060 g/mol. The van der Waals surface area contributed by atoms with Crippen LogP contribution in [0.25, 0.3) is 88.9 Å². The molecule has 3 aromatic heterocycles. The van der Waals surface area contributed by atoms with E-state index in [0.29, 0.717) is 34.8 Å². The Labute approximate surface area is 412 Å². The van der Waals surface area contributed by atoms with Crippen LogP contribution in [0.1, 0.15) is 111 Å². The van der Waals surface area contributed by atoms with Gasteiger partial charge in [0, 0.05) is 41.0 Å². The van der Waals surface area contributed by atoms with E-state index in [1.165, 1.54) is 27.9 Å². The number of aromatic nitrogens is 4. The maximum absolute atomic E-state index is 7.86. The van der Waals surface area contributed by atoms with Crippen molar-refractivity contribution in [3.63, 3.8) is 0 Å². The summed E-state index contributed by atoms with van der Waals surface area (Å²) in [5.41, 5.74) is 15.3. The molecule has 0 saturated carbocycles. The van der Waals surface area contributed by atoms with E-state index in [1.807, 2.05) is 54.6 Å². The fourth-order valence-corrected chi connectivity index (χ4v) is 9.58. The van der Waals surface area contributed by atoms with Crippen LogP contribution in [0, 0.1) is 19.0 Å². The van der Waals surface area contributed by atoms with Gasteiger partial charge in [-0.3, -0.25) is 9.97 Å². The van der Waals surface area contributed by atoms with E-state index in [4.69, 9.17) is 18.5 Å². The summed E-state index contributed by atoms with van der Waals surface area (Å²) in [7, 11) is 0. The van der Waals surface area contributed by atoms with Gasteiger partial charge in [-0.15, -0.1) is 54.1 Å². The zero-order valence-electron chi connectivity index (χ0n) is 42.3. The average Bonchev–Trinajstić information content (AvgIpc) is 4.04. The Hall–Kier alpha value is -6.59. The number of hydrogen-bond acceptors (Lipinski definition) is 3. The van der Waals surface area contributed by atoms with Gasteiger partial charge in [0.15, 0.2) is 0 Å². The summed E-state index contributed by atoms with van der Waals surface area (Å²) < 4.78 is 34.8. The van der Waals surface area contributed by atoms with E-state index in [9.17, 15) is 0 Å². The van der Waals surface area contributed by atoms with Gasteiger partial charge in [0.25, 0.3) is 0 Å². The van der Waals surface area contributed by atoms with Crippen LogP contribution >= 0.6 is 0 Å². The fourth-order valence-electron chi connectivity index (χ4n) is 9.58. The van der Waals surface area contributed by atoms with Crippen molar-refractivity contribution in [2.45, 2.75) is 85.9 Å². The van der Waals surface area contributed by atoms with Crippen molar-refractivity contribution in [1.29, 1.82) is 0 Å². The molecule has 8 aromatic carbocycles. The molecule has 11 aromatic rings. The van der Waals surface area contributed by atoms with Crippen molar-refractivity contribution in [2.24, 2.45) is 0 Å². The molecule has 3 heterocycles. The second-order valence-electron chi connectivity index (χ2n) is 18.6. The van der Waals surface area contributed by atoms with Gasteiger partial charge < -0.3 is 13.6 Å². The van der Waals surface area contributed by atoms with Gasteiger partial charge in [-0.2, -0.15) is 0 Å². The van der Waals surface area contributed by atoms with Gasteiger partial charge >= 0.3 is 0 Å². The van der Waals surface area contributed by atoms with Crippen LogP contribution in [0.5, 0.6) is 0 Å². The van der Waals surface area contributed by atoms with Crippen LogP contribution < -0.4 is 0 Å². The van der Waals surface area contributed by atoms with Crippen LogP contribution in [0.2, 0.25) is 0 Å². The minimum Gasteiger partial charge on any atom is -0.501 e. The topological polar surface area (TPSA) is 48.8 Å². The Morgan fingerprint density at radius 2 is 1.06 bits per heavy atom. The maximum atomic E-state index is 7.86. The predicted octanol–water partition coefficient (Wildman–Crippen LogP) is 16.8. The number of hydrogen-bond donors (Lipinski definition) is 0. The Morgan fingerprint density at radius 3 is 1.61 bits per heavy atom. The summed E-state index contributed by atoms with van der Waals surface area (Å²) in [6.45, 7) is 15.8. The minimum atomic E-state index is -2.16. The molecule has 0 unspecified atom stereocenters. The number of imidazole rings is 2. The molecule has 0 saturated heterocycles. The standard InChI is InChI=1S/C36H31N2O.C25H25N2.Ir/c1-21(2)26-10-8-11-27(22(3)4)34(26)38-32-15-7-6-14-31(32)37-36(38)29-13-9-12-28-30-19-25-18-23(5)16-17-24(25)20-33(30)39-35(28)29;1-17(2)20-13-10-14-21(18(3)4)24(20)27-23-16-9-8-15-22(23)26-25(27)19-11-6-5-7-12-19;/h6-12,14-22H,1-5H3;5-11,13-18H,1-4H3;/q2*-1;/i5D3;;. The molecular weight excluding hydrogens is 997 g/mol. The molecule has 11 rings (SSSR count). The fraction of sp³-hybridized carbons (Fsp3) is 0.213. The van der Waals surface area contributed by atoms with Crippen molar-refractivity contribution < 1.29 is 28.6 Å². The van der Waals surface area contributed by atoms with Crippen LogP contribution in [0.3, 0.4) is 0 Å². The summed E-state index contributed by atoms with van der Waals surface area (Å²) in [6.07, 6.45) is 0. The first-order valence-electron chi connectivity index (χ1n) is 24.7. The van der Waals surface area contributed by atoms with Gasteiger partial charge in [0.05, 0.1) is 39.3 Å². The Balaban J connectivity index is 0.000000188.